The molecular formula is C13H7Cl2FN2O. The number of nitrogens with zero attached hydrogens (tertiary/aromatic N) is 2. The van der Waals surface area contributed by atoms with Crippen LogP contribution < -0.4 is 4.74 Å². The first-order valence-corrected chi connectivity index (χ1v) is 5.99. The summed E-state index contributed by atoms with van der Waals surface area (Å²) in [5.74, 6) is -0.589. The Morgan fingerprint density at radius 1 is 1.26 bits per heavy atom. The van der Waals surface area contributed by atoms with Crippen molar-refractivity contribution in [1.82, 2.24) is 4.98 Å². The second kappa shape index (κ2) is 5.87. The van der Waals surface area contributed by atoms with Gasteiger partial charge in [-0.15, -0.1) is 0 Å². The molecule has 2 aromatic rings. The third-order valence-electron chi connectivity index (χ3n) is 2.31. The summed E-state index contributed by atoms with van der Waals surface area (Å²) in [5, 5.41) is 9.30. The van der Waals surface area contributed by atoms with Crippen molar-refractivity contribution in [2.75, 3.05) is 0 Å². The molecule has 19 heavy (non-hydrogen) atoms. The predicted octanol–water partition coefficient (Wildman–Crippen LogP) is 3.98. The normalized spacial score (nSPS) is 10.0. The molecule has 6 heteroatoms. The Labute approximate surface area is 119 Å². The number of hydrogen-bond donors (Lipinski definition) is 0. The van der Waals surface area contributed by atoms with E-state index < -0.39 is 5.82 Å². The van der Waals surface area contributed by atoms with Crippen LogP contribution in [0.4, 0.5) is 4.39 Å². The molecule has 3 nitrogen and oxygen atoms in total. The van der Waals surface area contributed by atoms with Crippen molar-refractivity contribution >= 4 is 23.2 Å². The number of ether oxygens (including phenoxy) is 1. The van der Waals surface area contributed by atoms with Crippen molar-refractivity contribution in [2.24, 2.45) is 0 Å². The minimum absolute atomic E-state index is 0.0117. The molecule has 0 N–H and O–H groups in total. The summed E-state index contributed by atoms with van der Waals surface area (Å²) in [7, 11) is 0. The van der Waals surface area contributed by atoms with Gasteiger partial charge in [-0.05, 0) is 30.3 Å². The van der Waals surface area contributed by atoms with Gasteiger partial charge in [-0.25, -0.2) is 9.37 Å². The quantitative estimate of drug-likeness (QED) is 0.805. The minimum Gasteiger partial charge on any atom is -0.484 e. The highest BCUT2D eigenvalue weighted by molar-refractivity contribution is 6.32. The Hall–Kier alpha value is -1.83. The summed E-state index contributed by atoms with van der Waals surface area (Å²) in [4.78, 5) is 3.98. The van der Waals surface area contributed by atoms with Crippen LogP contribution in [-0.4, -0.2) is 4.98 Å². The van der Waals surface area contributed by atoms with E-state index >= 15 is 0 Å². The number of pyridine rings is 1. The van der Waals surface area contributed by atoms with Gasteiger partial charge in [-0.3, -0.25) is 0 Å². The van der Waals surface area contributed by atoms with Crippen molar-refractivity contribution in [2.45, 2.75) is 6.61 Å². The van der Waals surface area contributed by atoms with Gasteiger partial charge < -0.3 is 4.74 Å². The smallest absolute Gasteiger partial charge is 0.166 e. The largest absolute Gasteiger partial charge is 0.484 e. The van der Waals surface area contributed by atoms with Crippen LogP contribution in [0.5, 0.6) is 5.75 Å². The van der Waals surface area contributed by atoms with Crippen LogP contribution in [0, 0.1) is 17.1 Å². The van der Waals surface area contributed by atoms with Crippen LogP contribution in [0.2, 0.25) is 10.2 Å². The Morgan fingerprint density at radius 2 is 2.05 bits per heavy atom. The first-order chi connectivity index (χ1) is 9.10. The van der Waals surface area contributed by atoms with Crippen molar-refractivity contribution in [3.63, 3.8) is 0 Å². The first-order valence-electron chi connectivity index (χ1n) is 5.23. The summed E-state index contributed by atoms with van der Waals surface area (Å²) >= 11 is 11.6. The molecule has 0 amide bonds. The summed E-state index contributed by atoms with van der Waals surface area (Å²) < 4.78 is 18.8. The van der Waals surface area contributed by atoms with Crippen LogP contribution in [0.25, 0.3) is 0 Å². The van der Waals surface area contributed by atoms with Gasteiger partial charge in [-0.1, -0.05) is 23.2 Å². The van der Waals surface area contributed by atoms with E-state index in [2.05, 4.69) is 4.98 Å². The molecule has 0 unspecified atom stereocenters. The zero-order valence-corrected chi connectivity index (χ0v) is 11.0. The molecule has 96 valence electrons. The zero-order chi connectivity index (χ0) is 13.8. The lowest BCUT2D eigenvalue weighted by atomic mass is 10.2. The van der Waals surface area contributed by atoms with Gasteiger partial charge in [0.15, 0.2) is 11.6 Å². The molecule has 0 radical (unpaired) electrons. The van der Waals surface area contributed by atoms with E-state index in [0.717, 1.165) is 6.07 Å². The highest BCUT2D eigenvalue weighted by Gasteiger charge is 2.08. The molecular weight excluding hydrogens is 290 g/mol. The molecule has 1 heterocycles. The van der Waals surface area contributed by atoms with Crippen molar-refractivity contribution in [3.8, 4) is 11.8 Å². The van der Waals surface area contributed by atoms with Crippen LogP contribution in [0.1, 0.15) is 11.3 Å². The Balaban J connectivity index is 2.15. The number of hydrogen-bond acceptors (Lipinski definition) is 3. The average Bonchev–Trinajstić information content (AvgIpc) is 2.40. The maximum atomic E-state index is 13.6. The summed E-state index contributed by atoms with van der Waals surface area (Å²) in [6.45, 7) is -0.0117. The molecule has 0 fully saturated rings. The lowest BCUT2D eigenvalue weighted by Gasteiger charge is -2.08. The highest BCUT2D eigenvalue weighted by Crippen LogP contribution is 2.22. The van der Waals surface area contributed by atoms with Gasteiger partial charge in [0.05, 0.1) is 22.3 Å². The molecule has 0 bridgehead atoms. The lowest BCUT2D eigenvalue weighted by molar-refractivity contribution is 0.286. The van der Waals surface area contributed by atoms with Crippen LogP contribution in [0.15, 0.2) is 30.3 Å². The molecule has 2 rings (SSSR count). The number of aromatic nitrogens is 1. The fourth-order valence-electron chi connectivity index (χ4n) is 1.39. The van der Waals surface area contributed by atoms with E-state index in [-0.39, 0.29) is 23.1 Å². The molecule has 1 aromatic carbocycles. The second-order valence-corrected chi connectivity index (χ2v) is 4.40. The maximum absolute atomic E-state index is 13.6. The van der Waals surface area contributed by atoms with Crippen molar-refractivity contribution < 1.29 is 9.13 Å². The van der Waals surface area contributed by atoms with E-state index in [4.69, 9.17) is 33.2 Å². The van der Waals surface area contributed by atoms with E-state index in [9.17, 15) is 4.39 Å². The van der Waals surface area contributed by atoms with Crippen LogP contribution in [0.3, 0.4) is 0 Å². The van der Waals surface area contributed by atoms with E-state index in [1.54, 1.807) is 12.1 Å². The molecule has 0 saturated heterocycles. The Kier molecular flexibility index (Phi) is 4.20. The van der Waals surface area contributed by atoms with Crippen molar-refractivity contribution in [1.29, 1.82) is 5.26 Å². The van der Waals surface area contributed by atoms with Gasteiger partial charge in [0.25, 0.3) is 0 Å². The highest BCUT2D eigenvalue weighted by atomic mass is 35.5. The monoisotopic (exact) mass is 296 g/mol. The van der Waals surface area contributed by atoms with Gasteiger partial charge in [0.1, 0.15) is 11.8 Å². The predicted molar refractivity (Wildman–Crippen MR) is 69.7 cm³/mol. The molecule has 0 aliphatic carbocycles. The zero-order valence-electron chi connectivity index (χ0n) is 9.53. The summed E-state index contributed by atoms with van der Waals surface area (Å²) in [6.07, 6.45) is 0. The van der Waals surface area contributed by atoms with Gasteiger partial charge in [-0.2, -0.15) is 5.26 Å². The van der Waals surface area contributed by atoms with Gasteiger partial charge >= 0.3 is 0 Å². The van der Waals surface area contributed by atoms with E-state index in [1.807, 2.05) is 6.07 Å². The third kappa shape index (κ3) is 3.34. The summed E-state index contributed by atoms with van der Waals surface area (Å²) in [5.41, 5.74) is 0.640. The molecule has 0 aliphatic rings. The molecule has 0 aliphatic heterocycles. The van der Waals surface area contributed by atoms with E-state index in [1.165, 1.54) is 12.1 Å². The minimum atomic E-state index is -0.614. The van der Waals surface area contributed by atoms with Gasteiger partial charge in [0.2, 0.25) is 0 Å². The van der Waals surface area contributed by atoms with Crippen molar-refractivity contribution in [3.05, 3.63) is 57.6 Å². The maximum Gasteiger partial charge on any atom is 0.166 e. The number of rotatable bonds is 3. The third-order valence-corrected chi connectivity index (χ3v) is 2.86. The molecule has 0 spiro atoms. The van der Waals surface area contributed by atoms with Crippen LogP contribution >= 0.6 is 23.2 Å². The average molecular weight is 297 g/mol. The Bertz CT molecular complexity index is 656. The Morgan fingerprint density at radius 3 is 2.74 bits per heavy atom. The van der Waals surface area contributed by atoms with Gasteiger partial charge in [0, 0.05) is 0 Å². The second-order valence-electron chi connectivity index (χ2n) is 3.61. The van der Waals surface area contributed by atoms with E-state index in [0.29, 0.717) is 10.7 Å². The number of nitriles is 1. The summed E-state index contributed by atoms with van der Waals surface area (Å²) in [6, 6.07) is 8.92. The molecule has 1 aromatic heterocycles. The standard InChI is InChI=1S/C13H7Cl2FN2O/c14-9-2-4-13(15)18-11(9)7-19-12-3-1-8(6-17)5-10(12)16/h1-5H,7H2. The lowest BCUT2D eigenvalue weighted by Crippen LogP contribution is -2.01. The fourth-order valence-corrected chi connectivity index (χ4v) is 1.72. The SMILES string of the molecule is N#Cc1ccc(OCc2nc(Cl)ccc2Cl)c(F)c1. The molecule has 0 saturated carbocycles. The number of halogens is 3. The fraction of sp³-hybridized carbons (Fsp3) is 0.0769. The molecule has 0 atom stereocenters. The number of benzene rings is 1. The topological polar surface area (TPSA) is 45.9 Å². The van der Waals surface area contributed by atoms with Crippen LogP contribution in [-0.2, 0) is 6.61 Å². The first kappa shape index (κ1) is 13.6.